The van der Waals surface area contributed by atoms with Crippen LogP contribution in [0.2, 0.25) is 5.04 Å². The lowest BCUT2D eigenvalue weighted by molar-refractivity contribution is -0.123. The predicted octanol–water partition coefficient (Wildman–Crippen LogP) is 8.47. The molecule has 296 valence electrons. The van der Waals surface area contributed by atoms with E-state index in [1.165, 1.54) is 4.90 Å². The van der Waals surface area contributed by atoms with Crippen LogP contribution in [-0.2, 0) is 18.7 Å². The van der Waals surface area contributed by atoms with E-state index in [-0.39, 0.29) is 35.6 Å². The second-order valence-electron chi connectivity index (χ2n) is 16.9. The summed E-state index contributed by atoms with van der Waals surface area (Å²) in [7, 11) is -4.37. The van der Waals surface area contributed by atoms with Crippen LogP contribution in [0.4, 0.5) is 17.1 Å². The molecule has 2 amide bonds. The van der Waals surface area contributed by atoms with Gasteiger partial charge in [0.1, 0.15) is 5.75 Å². The minimum atomic E-state index is -3.03. The Morgan fingerprint density at radius 1 is 0.729 bits per heavy atom. The Morgan fingerprint density at radius 2 is 1.31 bits per heavy atom. The zero-order valence-corrected chi connectivity index (χ0v) is 34.4. The number of imide groups is 1. The fraction of sp³-hybridized carbons (Fsp3) is 0.224. The minimum absolute atomic E-state index is 0.152. The second-order valence-corrected chi connectivity index (χ2v) is 21.2. The number of rotatable bonds is 9. The molecule has 3 N–H and O–H groups in total. The molecule has 3 aliphatic rings. The molecule has 2 fully saturated rings. The molecule has 9 rings (SSSR count). The lowest BCUT2D eigenvalue weighted by Crippen LogP contribution is -2.66. The molecule has 2 heterocycles. The fourth-order valence-corrected chi connectivity index (χ4v) is 14.5. The normalized spacial score (nSPS) is 20.8. The summed E-state index contributed by atoms with van der Waals surface area (Å²) in [6.45, 7) is 6.83. The number of benzene rings is 6. The number of hydrogen-bond acceptors (Lipinski definition) is 7. The summed E-state index contributed by atoms with van der Waals surface area (Å²) >= 11 is 0. The number of anilines is 3. The highest BCUT2D eigenvalue weighted by Gasteiger charge is 2.59. The standard InChI is InChI=1S/C49H47BN2O6Si/c1-49(2,3)59(36-17-9-5-10-18-36,37-19-11-6-12-20-37)57-31-32-29-42-45(48(55)52(47(42)54)35-25-23-34(24-26-35)51-33-15-7-4-8-16-33)41-30-44(58-50(56)46(32)41)40-27-28-43(53)39-22-14-13-21-38(39)40/h4-28,41-42,44-45,51,53,56H,29-31H2,1-3H3/t41-,42-,44-,45+/m0/s1. The molecule has 2 saturated heterocycles. The molecule has 6 aromatic rings. The minimum Gasteiger partial charge on any atom is -0.507 e. The van der Waals surface area contributed by atoms with E-state index < -0.39 is 39.3 Å². The highest BCUT2D eigenvalue weighted by Crippen LogP contribution is 2.53. The third-order valence-corrected chi connectivity index (χ3v) is 17.5. The van der Waals surface area contributed by atoms with Crippen LogP contribution in [0.25, 0.3) is 10.8 Å². The van der Waals surface area contributed by atoms with E-state index in [0.717, 1.165) is 38.3 Å². The summed E-state index contributed by atoms with van der Waals surface area (Å²) < 4.78 is 14.0. The van der Waals surface area contributed by atoms with Crippen molar-refractivity contribution in [2.24, 2.45) is 17.8 Å². The van der Waals surface area contributed by atoms with Crippen LogP contribution in [0.5, 0.6) is 5.75 Å². The first kappa shape index (κ1) is 38.7. The number of allylic oxidation sites excluding steroid dienone is 1. The molecule has 0 radical (unpaired) electrons. The van der Waals surface area contributed by atoms with Gasteiger partial charge in [-0.05, 0) is 98.6 Å². The van der Waals surface area contributed by atoms with Crippen LogP contribution in [0.15, 0.2) is 163 Å². The molecular weight excluding hydrogens is 751 g/mol. The van der Waals surface area contributed by atoms with Gasteiger partial charge in [0.2, 0.25) is 11.8 Å². The van der Waals surface area contributed by atoms with Crippen molar-refractivity contribution in [2.75, 3.05) is 16.8 Å². The lowest BCUT2D eigenvalue weighted by atomic mass is 9.55. The predicted molar refractivity (Wildman–Crippen MR) is 236 cm³/mol. The number of nitrogens with zero attached hydrogens (tertiary/aromatic N) is 1. The van der Waals surface area contributed by atoms with E-state index in [0.29, 0.717) is 23.0 Å². The van der Waals surface area contributed by atoms with Gasteiger partial charge >= 0.3 is 7.12 Å². The van der Waals surface area contributed by atoms with E-state index in [9.17, 15) is 19.7 Å². The molecule has 0 aromatic heterocycles. The van der Waals surface area contributed by atoms with E-state index in [1.807, 2.05) is 121 Å². The van der Waals surface area contributed by atoms with Crippen molar-refractivity contribution in [1.82, 2.24) is 0 Å². The maximum Gasteiger partial charge on any atom is 0.487 e. The second kappa shape index (κ2) is 15.4. The number of para-hydroxylation sites is 1. The van der Waals surface area contributed by atoms with Crippen LogP contribution < -0.4 is 20.6 Å². The Kier molecular flexibility index (Phi) is 10.1. The van der Waals surface area contributed by atoms with Crippen LogP contribution in [0, 0.1) is 17.8 Å². The number of aromatic hydroxyl groups is 1. The van der Waals surface area contributed by atoms with Crippen molar-refractivity contribution in [3.8, 4) is 5.75 Å². The molecule has 8 nitrogen and oxygen atoms in total. The maximum absolute atomic E-state index is 14.8. The largest absolute Gasteiger partial charge is 0.507 e. The van der Waals surface area contributed by atoms with E-state index in [1.54, 1.807) is 6.07 Å². The Balaban J connectivity index is 1.12. The summed E-state index contributed by atoms with van der Waals surface area (Å²) in [5.74, 6) is -2.24. The Hall–Kier alpha value is -5.78. The number of fused-ring (bicyclic) bond motifs is 4. The van der Waals surface area contributed by atoms with Crippen LogP contribution >= 0.6 is 0 Å². The van der Waals surface area contributed by atoms with Crippen molar-refractivity contribution in [3.63, 3.8) is 0 Å². The topological polar surface area (TPSA) is 108 Å². The third kappa shape index (κ3) is 6.80. The first-order valence-electron chi connectivity index (χ1n) is 20.4. The third-order valence-electron chi connectivity index (χ3n) is 12.6. The molecule has 2 aliphatic heterocycles. The molecule has 10 heteroatoms. The number of hydrogen-bond donors (Lipinski definition) is 3. The molecule has 1 aliphatic carbocycles. The van der Waals surface area contributed by atoms with Gasteiger partial charge in [0.15, 0.2) is 0 Å². The molecule has 4 atom stereocenters. The first-order valence-corrected chi connectivity index (χ1v) is 22.3. The van der Waals surface area contributed by atoms with Gasteiger partial charge in [0, 0.05) is 16.8 Å². The number of amides is 2. The summed E-state index contributed by atoms with van der Waals surface area (Å²) in [5, 5.41) is 29.7. The van der Waals surface area contributed by atoms with Gasteiger partial charge in [-0.25, -0.2) is 0 Å². The smallest absolute Gasteiger partial charge is 0.487 e. The maximum atomic E-state index is 14.8. The molecular formula is C49H47BN2O6Si. The first-order chi connectivity index (χ1) is 28.5. The van der Waals surface area contributed by atoms with Gasteiger partial charge in [-0.15, -0.1) is 0 Å². The zero-order chi connectivity index (χ0) is 40.9. The van der Waals surface area contributed by atoms with Gasteiger partial charge in [0.05, 0.1) is 30.2 Å². The monoisotopic (exact) mass is 798 g/mol. The summed E-state index contributed by atoms with van der Waals surface area (Å²) in [6.07, 6.45) is 0.0104. The molecule has 0 spiro atoms. The SMILES string of the molecule is CC(C)(C)[Si](OCC1=C2B(O)O[C@H](c3ccc(O)c4ccccc34)C[C@H]2[C@H]2C(=O)N(c3ccc(Nc4ccccc4)cc3)C(=O)[C@H]2C1)(c1ccccc1)c1ccccc1. The van der Waals surface area contributed by atoms with Crippen molar-refractivity contribution in [1.29, 1.82) is 0 Å². The van der Waals surface area contributed by atoms with E-state index >= 15 is 0 Å². The van der Waals surface area contributed by atoms with Crippen molar-refractivity contribution >= 4 is 65.5 Å². The van der Waals surface area contributed by atoms with Crippen LogP contribution in [-0.4, -0.2) is 44.0 Å². The van der Waals surface area contributed by atoms with Gasteiger partial charge < -0.3 is 24.5 Å². The van der Waals surface area contributed by atoms with Crippen LogP contribution in [0.1, 0.15) is 45.3 Å². The number of carbonyl (C=O) groups is 2. The van der Waals surface area contributed by atoms with Gasteiger partial charge in [-0.3, -0.25) is 14.5 Å². The highest BCUT2D eigenvalue weighted by atomic mass is 28.4. The number of nitrogens with one attached hydrogen (secondary N) is 1. The number of phenols is 1. The van der Waals surface area contributed by atoms with Gasteiger partial charge in [-0.2, -0.15) is 0 Å². The zero-order valence-electron chi connectivity index (χ0n) is 33.4. The number of phenolic OH excluding ortho intramolecular Hbond substituents is 1. The Labute approximate surface area is 346 Å². The average molecular weight is 799 g/mol. The Morgan fingerprint density at radius 3 is 1.93 bits per heavy atom. The molecule has 6 aromatic carbocycles. The molecule has 0 saturated carbocycles. The van der Waals surface area contributed by atoms with Gasteiger partial charge in [0.25, 0.3) is 8.32 Å². The average Bonchev–Trinajstić information content (AvgIpc) is 3.50. The summed E-state index contributed by atoms with van der Waals surface area (Å²) in [4.78, 5) is 30.9. The van der Waals surface area contributed by atoms with Crippen molar-refractivity contribution < 1.29 is 28.8 Å². The van der Waals surface area contributed by atoms with E-state index in [2.05, 4.69) is 50.4 Å². The molecule has 59 heavy (non-hydrogen) atoms. The van der Waals surface area contributed by atoms with E-state index in [4.69, 9.17) is 9.08 Å². The summed E-state index contributed by atoms with van der Waals surface area (Å²) in [5.41, 5.74) is 4.51. The van der Waals surface area contributed by atoms with Crippen molar-refractivity contribution in [3.05, 3.63) is 168 Å². The lowest BCUT2D eigenvalue weighted by Gasteiger charge is -2.45. The molecule has 0 unspecified atom stereocenters. The van der Waals surface area contributed by atoms with Crippen LogP contribution in [0.3, 0.4) is 0 Å². The highest BCUT2D eigenvalue weighted by molar-refractivity contribution is 6.99. The van der Waals surface area contributed by atoms with Gasteiger partial charge in [-0.1, -0.05) is 130 Å². The fourth-order valence-electron chi connectivity index (χ4n) is 9.92. The quantitative estimate of drug-likeness (QED) is 0.0996. The Bertz CT molecular complexity index is 2510. The molecule has 0 bridgehead atoms. The van der Waals surface area contributed by atoms with Crippen molar-refractivity contribution in [2.45, 2.75) is 44.8 Å². The number of carbonyl (C=O) groups excluding carboxylic acids is 2. The summed E-state index contributed by atoms with van der Waals surface area (Å²) in [6, 6.07) is 49.0.